The molecule has 0 amide bonds. The number of piperidine rings is 1. The van der Waals surface area contributed by atoms with Gasteiger partial charge >= 0.3 is 0 Å². The standard InChI is InChI=1S/C25H29N7O/c1-17-6-11-27-23(30-17)19-20-22(26)28-16-29-24(20)31(2)21(19)18-4-7-25(8-5-18)9-13-32(14-10-25)12-3-15-33/h3-4,6,11-12,15-16H,5,7-10,13-14H2,1-2H3,(H2,26,28,29). The second-order valence-corrected chi connectivity index (χ2v) is 9.21. The molecule has 3 aromatic rings. The first kappa shape index (κ1) is 21.3. The molecule has 4 heterocycles. The van der Waals surface area contributed by atoms with Gasteiger partial charge in [0.05, 0.1) is 16.6 Å². The Balaban J connectivity index is 1.53. The minimum absolute atomic E-state index is 0.332. The predicted molar refractivity (Wildman–Crippen MR) is 129 cm³/mol. The topological polar surface area (TPSA) is 103 Å². The highest BCUT2D eigenvalue weighted by atomic mass is 16.1. The second-order valence-electron chi connectivity index (χ2n) is 9.21. The van der Waals surface area contributed by atoms with Crippen LogP contribution in [0.4, 0.5) is 5.82 Å². The van der Waals surface area contributed by atoms with E-state index >= 15 is 0 Å². The quantitative estimate of drug-likeness (QED) is 0.485. The molecular weight excluding hydrogens is 414 g/mol. The molecular formula is C25H29N7O. The molecule has 33 heavy (non-hydrogen) atoms. The van der Waals surface area contributed by atoms with Gasteiger partial charge in [0.1, 0.15) is 24.1 Å². The zero-order valence-corrected chi connectivity index (χ0v) is 19.2. The summed E-state index contributed by atoms with van der Waals surface area (Å²) in [5.41, 5.74) is 11.7. The number of rotatable bonds is 4. The molecule has 2 N–H and O–H groups in total. The van der Waals surface area contributed by atoms with Crippen molar-refractivity contribution in [3.8, 4) is 11.4 Å². The number of aldehydes is 1. The van der Waals surface area contributed by atoms with E-state index in [1.807, 2.05) is 26.2 Å². The first-order valence-corrected chi connectivity index (χ1v) is 11.5. The summed E-state index contributed by atoms with van der Waals surface area (Å²) >= 11 is 0. The summed E-state index contributed by atoms with van der Waals surface area (Å²) < 4.78 is 2.12. The summed E-state index contributed by atoms with van der Waals surface area (Å²) in [5, 5.41) is 0.817. The Labute approximate surface area is 193 Å². The van der Waals surface area contributed by atoms with E-state index in [0.29, 0.717) is 17.1 Å². The van der Waals surface area contributed by atoms with Crippen molar-refractivity contribution < 1.29 is 4.79 Å². The number of fused-ring (bicyclic) bond motifs is 1. The fraction of sp³-hybridized carbons (Fsp3) is 0.400. The minimum Gasteiger partial charge on any atom is -0.383 e. The van der Waals surface area contributed by atoms with Crippen LogP contribution in [0.3, 0.4) is 0 Å². The van der Waals surface area contributed by atoms with Gasteiger partial charge in [-0.2, -0.15) is 0 Å². The van der Waals surface area contributed by atoms with E-state index in [1.165, 1.54) is 11.9 Å². The van der Waals surface area contributed by atoms with E-state index in [1.54, 1.807) is 12.3 Å². The number of hydrogen-bond acceptors (Lipinski definition) is 7. The molecule has 170 valence electrons. The van der Waals surface area contributed by atoms with Gasteiger partial charge < -0.3 is 15.2 Å². The summed E-state index contributed by atoms with van der Waals surface area (Å²) in [6.45, 7) is 3.96. The molecule has 0 atom stereocenters. The lowest BCUT2D eigenvalue weighted by Gasteiger charge is -2.43. The van der Waals surface area contributed by atoms with Crippen LogP contribution in [0.15, 0.2) is 36.9 Å². The molecule has 1 saturated heterocycles. The molecule has 8 heteroatoms. The molecule has 1 fully saturated rings. The Kier molecular flexibility index (Phi) is 5.44. The third kappa shape index (κ3) is 3.79. The van der Waals surface area contributed by atoms with Crippen molar-refractivity contribution >= 4 is 28.7 Å². The van der Waals surface area contributed by atoms with E-state index < -0.39 is 0 Å². The predicted octanol–water partition coefficient (Wildman–Crippen LogP) is 3.68. The lowest BCUT2D eigenvalue weighted by Crippen LogP contribution is -2.38. The highest BCUT2D eigenvalue weighted by Crippen LogP contribution is 2.48. The maximum absolute atomic E-state index is 10.6. The summed E-state index contributed by atoms with van der Waals surface area (Å²) in [6.07, 6.45) is 15.5. The van der Waals surface area contributed by atoms with Crippen LogP contribution in [0.2, 0.25) is 0 Å². The monoisotopic (exact) mass is 443 g/mol. The molecule has 5 rings (SSSR count). The van der Waals surface area contributed by atoms with Crippen LogP contribution in [0.25, 0.3) is 28.0 Å². The van der Waals surface area contributed by atoms with Crippen molar-refractivity contribution in [3.63, 3.8) is 0 Å². The number of nitrogens with two attached hydrogens (primary N) is 1. The summed E-state index contributed by atoms with van der Waals surface area (Å²) in [4.78, 5) is 31.0. The SMILES string of the molecule is Cc1ccnc(-c2c(C3=CCC4(CC3)CCN(C=CC=O)CC4)n(C)c3ncnc(N)c23)n1. The number of carbonyl (C=O) groups is 1. The normalized spacial score (nSPS) is 18.2. The minimum atomic E-state index is 0.332. The zero-order chi connectivity index (χ0) is 23.0. The summed E-state index contributed by atoms with van der Waals surface area (Å²) in [7, 11) is 2.03. The molecule has 0 bridgehead atoms. The van der Waals surface area contributed by atoms with Crippen LogP contribution in [0, 0.1) is 12.3 Å². The lowest BCUT2D eigenvalue weighted by molar-refractivity contribution is -0.104. The van der Waals surface area contributed by atoms with Crippen molar-refractivity contribution in [1.29, 1.82) is 0 Å². The molecule has 1 spiro atoms. The number of anilines is 1. The van der Waals surface area contributed by atoms with E-state index in [0.717, 1.165) is 79.5 Å². The fourth-order valence-corrected chi connectivity index (χ4v) is 5.36. The number of hydrogen-bond donors (Lipinski definition) is 1. The third-order valence-corrected chi connectivity index (χ3v) is 7.26. The van der Waals surface area contributed by atoms with Crippen LogP contribution < -0.4 is 5.73 Å². The smallest absolute Gasteiger partial charge is 0.162 e. The fourth-order valence-electron chi connectivity index (χ4n) is 5.36. The van der Waals surface area contributed by atoms with Gasteiger partial charge in [-0.3, -0.25) is 4.79 Å². The second kappa shape index (κ2) is 8.42. The number of allylic oxidation sites excluding steroid dienone is 3. The summed E-state index contributed by atoms with van der Waals surface area (Å²) in [5.74, 6) is 1.11. The van der Waals surface area contributed by atoms with E-state index in [2.05, 4.69) is 30.5 Å². The molecule has 0 saturated carbocycles. The van der Waals surface area contributed by atoms with Crippen molar-refractivity contribution in [2.24, 2.45) is 12.5 Å². The van der Waals surface area contributed by atoms with E-state index in [4.69, 9.17) is 10.7 Å². The van der Waals surface area contributed by atoms with Crippen LogP contribution in [-0.2, 0) is 11.8 Å². The van der Waals surface area contributed by atoms with Crippen LogP contribution in [0.5, 0.6) is 0 Å². The average molecular weight is 444 g/mol. The Morgan fingerprint density at radius 3 is 2.67 bits per heavy atom. The van der Waals surface area contributed by atoms with Gasteiger partial charge in [-0.1, -0.05) is 6.08 Å². The van der Waals surface area contributed by atoms with Gasteiger partial charge in [-0.15, -0.1) is 0 Å². The molecule has 3 aromatic heterocycles. The van der Waals surface area contributed by atoms with Crippen molar-refractivity contribution in [2.45, 2.75) is 39.0 Å². The molecule has 0 aromatic carbocycles. The molecule has 8 nitrogen and oxygen atoms in total. The third-order valence-electron chi connectivity index (χ3n) is 7.26. The Bertz CT molecular complexity index is 1270. The largest absolute Gasteiger partial charge is 0.383 e. The number of likely N-dealkylation sites (tertiary alicyclic amines) is 1. The zero-order valence-electron chi connectivity index (χ0n) is 19.2. The maximum atomic E-state index is 10.6. The highest BCUT2D eigenvalue weighted by molar-refractivity contribution is 6.04. The highest BCUT2D eigenvalue weighted by Gasteiger charge is 2.36. The van der Waals surface area contributed by atoms with E-state index in [-0.39, 0.29) is 0 Å². The maximum Gasteiger partial charge on any atom is 0.162 e. The Morgan fingerprint density at radius 2 is 1.97 bits per heavy atom. The van der Waals surface area contributed by atoms with Crippen LogP contribution in [0.1, 0.15) is 43.5 Å². The van der Waals surface area contributed by atoms with Crippen LogP contribution in [-0.4, -0.2) is 48.8 Å². The van der Waals surface area contributed by atoms with Gasteiger partial charge in [0, 0.05) is 38.2 Å². The number of aryl methyl sites for hydroxylation is 2. The van der Waals surface area contributed by atoms with Crippen molar-refractivity contribution in [2.75, 3.05) is 18.8 Å². The Morgan fingerprint density at radius 1 is 1.15 bits per heavy atom. The number of nitrogens with zero attached hydrogens (tertiary/aromatic N) is 6. The number of aromatic nitrogens is 5. The molecule has 2 aliphatic rings. The van der Waals surface area contributed by atoms with Gasteiger partial charge in [0.2, 0.25) is 0 Å². The average Bonchev–Trinajstić information content (AvgIpc) is 3.13. The van der Waals surface area contributed by atoms with Crippen molar-refractivity contribution in [3.05, 3.63) is 48.3 Å². The summed E-state index contributed by atoms with van der Waals surface area (Å²) in [6, 6.07) is 1.90. The number of nitrogen functional groups attached to an aromatic ring is 1. The first-order chi connectivity index (χ1) is 16.0. The van der Waals surface area contributed by atoms with Crippen molar-refractivity contribution in [1.82, 2.24) is 29.4 Å². The molecule has 1 aliphatic heterocycles. The van der Waals surface area contributed by atoms with Crippen LogP contribution >= 0.6 is 0 Å². The molecule has 0 unspecified atom stereocenters. The Hall–Kier alpha value is -3.55. The first-order valence-electron chi connectivity index (χ1n) is 11.5. The molecule has 0 radical (unpaired) electrons. The van der Waals surface area contributed by atoms with Gasteiger partial charge in [-0.05, 0) is 62.2 Å². The van der Waals surface area contributed by atoms with Gasteiger partial charge in [-0.25, -0.2) is 19.9 Å². The van der Waals surface area contributed by atoms with E-state index in [9.17, 15) is 4.79 Å². The van der Waals surface area contributed by atoms with Gasteiger partial charge in [0.15, 0.2) is 5.82 Å². The lowest BCUT2D eigenvalue weighted by atomic mass is 9.68. The number of carbonyl (C=O) groups excluding carboxylic acids is 1. The van der Waals surface area contributed by atoms with Gasteiger partial charge in [0.25, 0.3) is 0 Å². The molecule has 1 aliphatic carbocycles.